The Morgan fingerprint density at radius 2 is 2.23 bits per heavy atom. The highest BCUT2D eigenvalue weighted by Gasteiger charge is 2.25. The third-order valence-corrected chi connectivity index (χ3v) is 2.25. The first-order chi connectivity index (χ1) is 6.24. The first kappa shape index (κ1) is 10.3. The minimum atomic E-state index is -0.476. The van der Waals surface area contributed by atoms with Gasteiger partial charge in [0.05, 0.1) is 6.10 Å². The van der Waals surface area contributed by atoms with Crippen molar-refractivity contribution in [3.8, 4) is 0 Å². The Labute approximate surface area is 78.3 Å². The molecule has 1 aliphatic rings. The van der Waals surface area contributed by atoms with Crippen LogP contribution in [0.1, 0.15) is 32.6 Å². The predicted molar refractivity (Wildman–Crippen MR) is 48.4 cm³/mol. The second-order valence-corrected chi connectivity index (χ2v) is 3.33. The molecule has 1 fully saturated rings. The molecular formula is C9H17NO3. The molecule has 1 amide bonds. The second-order valence-electron chi connectivity index (χ2n) is 3.33. The fraction of sp³-hybridized carbons (Fsp3) is 0.889. The molecule has 1 saturated carbocycles. The Morgan fingerprint density at radius 3 is 2.85 bits per heavy atom. The van der Waals surface area contributed by atoms with Gasteiger partial charge in [0.25, 0.3) is 0 Å². The Hall–Kier alpha value is -0.770. The van der Waals surface area contributed by atoms with Gasteiger partial charge >= 0.3 is 6.09 Å². The number of ether oxygens (including phenoxy) is 1. The number of hydrogen-bond donors (Lipinski definition) is 2. The Morgan fingerprint density at radius 1 is 1.54 bits per heavy atom. The molecule has 0 radical (unpaired) electrons. The Kier molecular flexibility index (Phi) is 4.02. The van der Waals surface area contributed by atoms with Crippen molar-refractivity contribution in [1.29, 1.82) is 0 Å². The van der Waals surface area contributed by atoms with Gasteiger partial charge in [0, 0.05) is 6.54 Å². The van der Waals surface area contributed by atoms with Gasteiger partial charge in [-0.2, -0.15) is 0 Å². The van der Waals surface area contributed by atoms with Gasteiger partial charge in [-0.25, -0.2) is 4.79 Å². The molecule has 2 atom stereocenters. The maximum atomic E-state index is 11.0. The van der Waals surface area contributed by atoms with Crippen molar-refractivity contribution < 1.29 is 14.6 Å². The molecule has 76 valence electrons. The van der Waals surface area contributed by atoms with E-state index in [1.165, 1.54) is 0 Å². The molecule has 0 aromatic rings. The number of nitrogens with one attached hydrogen (secondary N) is 1. The van der Waals surface area contributed by atoms with Crippen LogP contribution in [0.25, 0.3) is 0 Å². The monoisotopic (exact) mass is 187 g/mol. The minimum Gasteiger partial charge on any atom is -0.443 e. The van der Waals surface area contributed by atoms with E-state index in [1.54, 1.807) is 0 Å². The number of carbonyl (C=O) groups excluding carboxylic acids is 1. The summed E-state index contributed by atoms with van der Waals surface area (Å²) in [6.45, 7) is 2.39. The summed E-state index contributed by atoms with van der Waals surface area (Å²) in [5.74, 6) is 0. The van der Waals surface area contributed by atoms with Gasteiger partial charge in [-0.1, -0.05) is 6.42 Å². The van der Waals surface area contributed by atoms with Crippen LogP contribution in [0.4, 0.5) is 4.79 Å². The summed E-state index contributed by atoms with van der Waals surface area (Å²) in [4.78, 5) is 11.0. The van der Waals surface area contributed by atoms with E-state index < -0.39 is 12.2 Å². The molecule has 0 aromatic heterocycles. The van der Waals surface area contributed by atoms with Gasteiger partial charge < -0.3 is 15.2 Å². The minimum absolute atomic E-state index is 0.305. The van der Waals surface area contributed by atoms with Crippen LogP contribution in [0.3, 0.4) is 0 Å². The van der Waals surface area contributed by atoms with Crippen LogP contribution in [-0.4, -0.2) is 30.0 Å². The first-order valence-electron chi connectivity index (χ1n) is 4.86. The Bertz CT molecular complexity index is 172. The van der Waals surface area contributed by atoms with Crippen molar-refractivity contribution >= 4 is 6.09 Å². The zero-order chi connectivity index (χ0) is 9.68. The lowest BCUT2D eigenvalue weighted by Gasteiger charge is -2.27. The van der Waals surface area contributed by atoms with E-state index in [1.807, 2.05) is 6.92 Å². The van der Waals surface area contributed by atoms with Crippen molar-refractivity contribution in [2.45, 2.75) is 44.8 Å². The van der Waals surface area contributed by atoms with Crippen LogP contribution in [0.5, 0.6) is 0 Å². The highest BCUT2D eigenvalue weighted by molar-refractivity contribution is 5.67. The molecule has 4 heteroatoms. The molecular weight excluding hydrogens is 170 g/mol. The van der Waals surface area contributed by atoms with Crippen molar-refractivity contribution in [3.63, 3.8) is 0 Å². The summed E-state index contributed by atoms with van der Waals surface area (Å²) in [7, 11) is 0. The van der Waals surface area contributed by atoms with Crippen LogP contribution in [0.15, 0.2) is 0 Å². The van der Waals surface area contributed by atoms with Gasteiger partial charge in [0.15, 0.2) is 0 Å². The fourth-order valence-corrected chi connectivity index (χ4v) is 1.54. The zero-order valence-electron chi connectivity index (χ0n) is 7.95. The lowest BCUT2D eigenvalue weighted by Crippen LogP contribution is -2.37. The number of carbonyl (C=O) groups is 1. The summed E-state index contributed by atoms with van der Waals surface area (Å²) in [6, 6.07) is 0. The van der Waals surface area contributed by atoms with Crippen LogP contribution >= 0.6 is 0 Å². The molecule has 4 nitrogen and oxygen atoms in total. The molecule has 1 aliphatic carbocycles. The lowest BCUT2D eigenvalue weighted by atomic mass is 9.95. The summed E-state index contributed by atoms with van der Waals surface area (Å²) in [5.41, 5.74) is 0. The fourth-order valence-electron chi connectivity index (χ4n) is 1.54. The molecule has 0 unspecified atom stereocenters. The zero-order valence-corrected chi connectivity index (χ0v) is 7.95. The van der Waals surface area contributed by atoms with Gasteiger partial charge in [0.2, 0.25) is 0 Å². The van der Waals surface area contributed by atoms with E-state index in [0.717, 1.165) is 25.7 Å². The molecule has 0 saturated heterocycles. The van der Waals surface area contributed by atoms with E-state index in [9.17, 15) is 9.90 Å². The van der Waals surface area contributed by atoms with Crippen LogP contribution in [0, 0.1) is 0 Å². The van der Waals surface area contributed by atoms with Crippen LogP contribution in [0.2, 0.25) is 0 Å². The normalized spacial score (nSPS) is 28.2. The summed E-state index contributed by atoms with van der Waals surface area (Å²) < 4.78 is 5.04. The predicted octanol–water partition coefficient (Wildman–Crippen LogP) is 1.04. The van der Waals surface area contributed by atoms with Gasteiger partial charge in [-0.05, 0) is 26.2 Å². The van der Waals surface area contributed by atoms with Gasteiger partial charge in [0.1, 0.15) is 6.10 Å². The molecule has 0 aliphatic heterocycles. The van der Waals surface area contributed by atoms with Crippen molar-refractivity contribution in [2.24, 2.45) is 0 Å². The van der Waals surface area contributed by atoms with Crippen molar-refractivity contribution in [2.75, 3.05) is 6.54 Å². The van der Waals surface area contributed by atoms with Crippen LogP contribution in [-0.2, 0) is 4.74 Å². The van der Waals surface area contributed by atoms with Crippen molar-refractivity contribution in [1.82, 2.24) is 5.32 Å². The number of aliphatic hydroxyl groups excluding tert-OH is 1. The highest BCUT2D eigenvalue weighted by Crippen LogP contribution is 2.20. The van der Waals surface area contributed by atoms with E-state index in [4.69, 9.17) is 4.74 Å². The Balaban J connectivity index is 2.29. The quantitative estimate of drug-likeness (QED) is 0.679. The number of rotatable bonds is 2. The third kappa shape index (κ3) is 3.22. The van der Waals surface area contributed by atoms with E-state index in [2.05, 4.69) is 5.32 Å². The van der Waals surface area contributed by atoms with E-state index in [0.29, 0.717) is 6.54 Å². The summed E-state index contributed by atoms with van der Waals surface area (Å²) in [5, 5.41) is 12.0. The highest BCUT2D eigenvalue weighted by atomic mass is 16.6. The van der Waals surface area contributed by atoms with Gasteiger partial charge in [-0.3, -0.25) is 0 Å². The number of hydrogen-bond acceptors (Lipinski definition) is 3. The largest absolute Gasteiger partial charge is 0.443 e. The maximum absolute atomic E-state index is 11.0. The number of alkyl carbamates (subject to hydrolysis) is 1. The van der Waals surface area contributed by atoms with E-state index in [-0.39, 0.29) is 6.10 Å². The van der Waals surface area contributed by atoms with Crippen molar-refractivity contribution in [3.05, 3.63) is 0 Å². The molecule has 0 spiro atoms. The standard InChI is InChI=1S/C9H17NO3/c1-2-10-9(12)13-8-6-4-3-5-7(8)11/h7-8,11H,2-6H2,1H3,(H,10,12)/t7-,8-/m0/s1. The average Bonchev–Trinajstić information content (AvgIpc) is 2.09. The number of amides is 1. The lowest BCUT2D eigenvalue weighted by molar-refractivity contribution is -0.0209. The number of aliphatic hydroxyl groups is 1. The van der Waals surface area contributed by atoms with E-state index >= 15 is 0 Å². The third-order valence-electron chi connectivity index (χ3n) is 2.25. The molecule has 1 rings (SSSR count). The molecule has 2 N–H and O–H groups in total. The smallest absolute Gasteiger partial charge is 0.407 e. The molecule has 13 heavy (non-hydrogen) atoms. The average molecular weight is 187 g/mol. The molecule has 0 bridgehead atoms. The van der Waals surface area contributed by atoms with Gasteiger partial charge in [-0.15, -0.1) is 0 Å². The second kappa shape index (κ2) is 5.07. The first-order valence-corrected chi connectivity index (χ1v) is 4.86. The SMILES string of the molecule is CCNC(=O)O[C@H]1CCCC[C@@H]1O. The van der Waals surface area contributed by atoms with Crippen LogP contribution < -0.4 is 5.32 Å². The topological polar surface area (TPSA) is 58.6 Å². The summed E-state index contributed by atoms with van der Waals surface area (Å²) >= 11 is 0. The molecule has 0 aromatic carbocycles. The molecule has 0 heterocycles. The maximum Gasteiger partial charge on any atom is 0.407 e. The summed E-state index contributed by atoms with van der Waals surface area (Å²) in [6.07, 6.45) is 2.37.